The van der Waals surface area contributed by atoms with Gasteiger partial charge in [0.1, 0.15) is 0 Å². The van der Waals surface area contributed by atoms with E-state index in [0.29, 0.717) is 25.2 Å². The maximum Gasteiger partial charge on any atom is 0.251 e. The van der Waals surface area contributed by atoms with E-state index in [1.54, 1.807) is 4.90 Å². The lowest BCUT2D eigenvalue weighted by Gasteiger charge is -2.25. The topological polar surface area (TPSA) is 86.8 Å². The zero-order valence-electron chi connectivity index (χ0n) is 18.5. The standard InChI is InChI=1S/C24H29N3O4S/c1-17-6-9-21(14-18(17)2)27-16-20(15-23(27)28)25-24(29)19-7-10-22(11-8-19)32(30,31)26-12-4-3-5-13-26/h6-11,14,20H,3-5,12-13,15-16H2,1-2H3,(H,25,29)/t20-/m0/s1. The molecule has 32 heavy (non-hydrogen) atoms. The number of sulfonamides is 1. The Balaban J connectivity index is 1.41. The summed E-state index contributed by atoms with van der Waals surface area (Å²) in [5, 5.41) is 2.91. The predicted octanol–water partition coefficient (Wildman–Crippen LogP) is 3.01. The van der Waals surface area contributed by atoms with Crippen molar-refractivity contribution in [1.82, 2.24) is 9.62 Å². The van der Waals surface area contributed by atoms with Crippen LogP contribution in [0.4, 0.5) is 5.69 Å². The van der Waals surface area contributed by atoms with Crippen molar-refractivity contribution in [3.8, 4) is 0 Å². The molecule has 2 aliphatic heterocycles. The summed E-state index contributed by atoms with van der Waals surface area (Å²) in [5.41, 5.74) is 3.49. The fourth-order valence-corrected chi connectivity index (χ4v) is 5.77. The normalized spacial score (nSPS) is 19.9. The first kappa shape index (κ1) is 22.5. The van der Waals surface area contributed by atoms with Crippen LogP contribution in [0.25, 0.3) is 0 Å². The number of hydrogen-bond acceptors (Lipinski definition) is 4. The van der Waals surface area contributed by atoms with Gasteiger partial charge < -0.3 is 10.2 Å². The van der Waals surface area contributed by atoms with Gasteiger partial charge in [-0.15, -0.1) is 0 Å². The minimum absolute atomic E-state index is 0.0264. The number of nitrogens with one attached hydrogen (secondary N) is 1. The Bertz CT molecular complexity index is 1120. The summed E-state index contributed by atoms with van der Waals surface area (Å²) in [7, 11) is -3.53. The third kappa shape index (κ3) is 4.56. The minimum atomic E-state index is -3.53. The number of carbonyl (C=O) groups is 2. The molecule has 2 saturated heterocycles. The smallest absolute Gasteiger partial charge is 0.251 e. The van der Waals surface area contributed by atoms with Gasteiger partial charge in [0.15, 0.2) is 0 Å². The van der Waals surface area contributed by atoms with Crippen molar-refractivity contribution in [1.29, 1.82) is 0 Å². The van der Waals surface area contributed by atoms with Gasteiger partial charge in [0.25, 0.3) is 5.91 Å². The lowest BCUT2D eigenvalue weighted by atomic mass is 10.1. The number of amides is 2. The summed E-state index contributed by atoms with van der Waals surface area (Å²) >= 11 is 0. The van der Waals surface area contributed by atoms with Crippen molar-refractivity contribution < 1.29 is 18.0 Å². The van der Waals surface area contributed by atoms with Crippen molar-refractivity contribution in [2.75, 3.05) is 24.5 Å². The van der Waals surface area contributed by atoms with Crippen LogP contribution in [0.2, 0.25) is 0 Å². The maximum atomic E-state index is 12.8. The van der Waals surface area contributed by atoms with E-state index in [9.17, 15) is 18.0 Å². The first-order valence-electron chi connectivity index (χ1n) is 11.0. The Morgan fingerprint density at radius 3 is 2.31 bits per heavy atom. The predicted molar refractivity (Wildman–Crippen MR) is 123 cm³/mol. The number of rotatable bonds is 5. The first-order chi connectivity index (χ1) is 15.3. The Morgan fingerprint density at radius 1 is 0.969 bits per heavy atom. The highest BCUT2D eigenvalue weighted by Gasteiger charge is 2.32. The van der Waals surface area contributed by atoms with Crippen LogP contribution in [0.15, 0.2) is 47.4 Å². The summed E-state index contributed by atoms with van der Waals surface area (Å²) in [4.78, 5) is 27.1. The van der Waals surface area contributed by atoms with Crippen molar-refractivity contribution in [2.24, 2.45) is 0 Å². The van der Waals surface area contributed by atoms with E-state index < -0.39 is 10.0 Å². The molecular weight excluding hydrogens is 426 g/mol. The van der Waals surface area contributed by atoms with Crippen molar-refractivity contribution in [3.05, 3.63) is 59.2 Å². The maximum absolute atomic E-state index is 12.8. The molecule has 0 saturated carbocycles. The van der Waals surface area contributed by atoms with Crippen LogP contribution < -0.4 is 10.2 Å². The molecule has 1 N–H and O–H groups in total. The molecule has 0 spiro atoms. The second-order valence-electron chi connectivity index (χ2n) is 8.64. The fraction of sp³-hybridized carbons (Fsp3) is 0.417. The number of anilines is 1. The van der Waals surface area contributed by atoms with Gasteiger partial charge in [-0.1, -0.05) is 12.5 Å². The molecule has 7 nitrogen and oxygen atoms in total. The van der Waals surface area contributed by atoms with Crippen LogP contribution in [0.3, 0.4) is 0 Å². The number of piperidine rings is 1. The molecule has 0 radical (unpaired) electrons. The molecule has 2 heterocycles. The lowest BCUT2D eigenvalue weighted by Crippen LogP contribution is -2.37. The van der Waals surface area contributed by atoms with Crippen LogP contribution in [0, 0.1) is 13.8 Å². The number of hydrogen-bond donors (Lipinski definition) is 1. The molecule has 0 aliphatic carbocycles. The van der Waals surface area contributed by atoms with Gasteiger partial charge in [-0.3, -0.25) is 9.59 Å². The van der Waals surface area contributed by atoms with E-state index in [1.807, 2.05) is 32.0 Å². The molecule has 0 unspecified atom stereocenters. The van der Waals surface area contributed by atoms with Crippen LogP contribution in [0.5, 0.6) is 0 Å². The first-order valence-corrected chi connectivity index (χ1v) is 12.5. The zero-order valence-corrected chi connectivity index (χ0v) is 19.3. The Morgan fingerprint density at radius 2 is 1.66 bits per heavy atom. The van der Waals surface area contributed by atoms with Crippen molar-refractivity contribution in [2.45, 2.75) is 50.5 Å². The fourth-order valence-electron chi connectivity index (χ4n) is 4.25. The van der Waals surface area contributed by atoms with Crippen molar-refractivity contribution in [3.63, 3.8) is 0 Å². The van der Waals surface area contributed by atoms with E-state index in [4.69, 9.17) is 0 Å². The van der Waals surface area contributed by atoms with E-state index in [1.165, 1.54) is 28.6 Å². The third-order valence-corrected chi connectivity index (χ3v) is 8.24. The Labute approximate surface area is 189 Å². The van der Waals surface area contributed by atoms with Gasteiger partial charge in [-0.05, 0) is 74.2 Å². The minimum Gasteiger partial charge on any atom is -0.347 e. The van der Waals surface area contributed by atoms with Gasteiger partial charge in [0.05, 0.1) is 10.9 Å². The van der Waals surface area contributed by atoms with Gasteiger partial charge in [-0.2, -0.15) is 4.31 Å². The van der Waals surface area contributed by atoms with Crippen molar-refractivity contribution >= 4 is 27.5 Å². The summed E-state index contributed by atoms with van der Waals surface area (Å²) in [6.07, 6.45) is 3.04. The molecule has 0 aromatic heterocycles. The summed E-state index contributed by atoms with van der Waals surface area (Å²) < 4.78 is 27.1. The molecule has 8 heteroatoms. The van der Waals surface area contributed by atoms with Crippen LogP contribution in [-0.4, -0.2) is 50.2 Å². The molecular formula is C24H29N3O4S. The molecule has 1 atom stereocenters. The largest absolute Gasteiger partial charge is 0.347 e. The SMILES string of the molecule is Cc1ccc(N2C[C@@H](NC(=O)c3ccc(S(=O)(=O)N4CCCCC4)cc3)CC2=O)cc1C. The van der Waals surface area contributed by atoms with Gasteiger partial charge in [0, 0.05) is 37.3 Å². The van der Waals surface area contributed by atoms with E-state index in [0.717, 1.165) is 36.1 Å². The molecule has 0 bridgehead atoms. The summed E-state index contributed by atoms with van der Waals surface area (Å²) in [5.74, 6) is -0.340. The highest BCUT2D eigenvalue weighted by Crippen LogP contribution is 2.25. The lowest BCUT2D eigenvalue weighted by molar-refractivity contribution is -0.117. The molecule has 2 aliphatic rings. The molecule has 2 fully saturated rings. The number of aryl methyl sites for hydroxylation is 2. The van der Waals surface area contributed by atoms with Gasteiger partial charge in [0.2, 0.25) is 15.9 Å². The molecule has 2 aromatic carbocycles. The second-order valence-corrected chi connectivity index (χ2v) is 10.6. The average Bonchev–Trinajstić information content (AvgIpc) is 3.16. The van der Waals surface area contributed by atoms with E-state index in [-0.39, 0.29) is 29.2 Å². The summed E-state index contributed by atoms with van der Waals surface area (Å²) in [6.45, 7) is 5.52. The molecule has 2 amide bonds. The van der Waals surface area contributed by atoms with E-state index in [2.05, 4.69) is 5.32 Å². The monoisotopic (exact) mass is 455 g/mol. The van der Waals surface area contributed by atoms with Crippen LogP contribution >= 0.6 is 0 Å². The quantitative estimate of drug-likeness (QED) is 0.751. The Hall–Kier alpha value is -2.71. The molecule has 4 rings (SSSR count). The highest BCUT2D eigenvalue weighted by atomic mass is 32.2. The average molecular weight is 456 g/mol. The van der Waals surface area contributed by atoms with E-state index >= 15 is 0 Å². The molecule has 2 aromatic rings. The van der Waals surface area contributed by atoms with Gasteiger partial charge >= 0.3 is 0 Å². The Kier molecular flexibility index (Phi) is 6.35. The number of nitrogens with zero attached hydrogens (tertiary/aromatic N) is 2. The number of benzene rings is 2. The van der Waals surface area contributed by atoms with Crippen LogP contribution in [-0.2, 0) is 14.8 Å². The highest BCUT2D eigenvalue weighted by molar-refractivity contribution is 7.89. The summed E-state index contributed by atoms with van der Waals surface area (Å²) in [6, 6.07) is 11.6. The zero-order chi connectivity index (χ0) is 22.9. The third-order valence-electron chi connectivity index (χ3n) is 6.33. The second kappa shape index (κ2) is 9.03. The van der Waals surface area contributed by atoms with Gasteiger partial charge in [-0.25, -0.2) is 8.42 Å². The number of carbonyl (C=O) groups excluding carboxylic acids is 2. The van der Waals surface area contributed by atoms with Crippen LogP contribution in [0.1, 0.15) is 47.2 Å². The molecule has 170 valence electrons.